The lowest BCUT2D eigenvalue weighted by molar-refractivity contribution is -0.123. The van der Waals surface area contributed by atoms with Gasteiger partial charge < -0.3 is 4.57 Å². The summed E-state index contributed by atoms with van der Waals surface area (Å²) >= 11 is 7.02. The Morgan fingerprint density at radius 2 is 1.70 bits per heavy atom. The number of para-hydroxylation sites is 1. The molecule has 33 heavy (non-hydrogen) atoms. The predicted molar refractivity (Wildman–Crippen MR) is 135 cm³/mol. The number of carbonyl (C=O) groups excluding carboxylic acids is 2. The fourth-order valence-corrected chi connectivity index (χ4v) is 5.03. The van der Waals surface area contributed by atoms with Gasteiger partial charge in [-0.25, -0.2) is 0 Å². The molecular formula is C27H21ClN2O2S. The third kappa shape index (κ3) is 4.47. The molecule has 0 atom stereocenters. The van der Waals surface area contributed by atoms with Gasteiger partial charge in [-0.05, 0) is 54.1 Å². The van der Waals surface area contributed by atoms with Crippen molar-refractivity contribution in [1.82, 2.24) is 9.47 Å². The number of hydrogen-bond acceptors (Lipinski definition) is 3. The van der Waals surface area contributed by atoms with E-state index in [2.05, 4.69) is 10.6 Å². The van der Waals surface area contributed by atoms with Crippen molar-refractivity contribution in [1.29, 1.82) is 0 Å². The molecule has 3 aromatic carbocycles. The van der Waals surface area contributed by atoms with Crippen LogP contribution < -0.4 is 0 Å². The van der Waals surface area contributed by atoms with Crippen LogP contribution in [0.1, 0.15) is 22.3 Å². The van der Waals surface area contributed by atoms with Crippen LogP contribution in [0, 0.1) is 6.92 Å². The Labute approximate surface area is 201 Å². The van der Waals surface area contributed by atoms with Crippen LogP contribution in [-0.2, 0) is 17.9 Å². The first kappa shape index (κ1) is 21.6. The summed E-state index contributed by atoms with van der Waals surface area (Å²) in [6, 6.07) is 23.7. The smallest absolute Gasteiger partial charge is 0.293 e. The molecule has 2 heterocycles. The number of benzene rings is 3. The number of fused-ring (bicyclic) bond motifs is 1. The van der Waals surface area contributed by atoms with Crippen LogP contribution in [0.15, 0.2) is 83.9 Å². The fraction of sp³-hybridized carbons (Fsp3) is 0.111. The summed E-state index contributed by atoms with van der Waals surface area (Å²) in [5, 5.41) is 1.51. The molecule has 5 rings (SSSR count). The lowest BCUT2D eigenvalue weighted by Crippen LogP contribution is -2.27. The third-order valence-electron chi connectivity index (χ3n) is 5.67. The second kappa shape index (κ2) is 8.93. The molecule has 164 valence electrons. The van der Waals surface area contributed by atoms with Crippen LogP contribution in [0.3, 0.4) is 0 Å². The zero-order valence-electron chi connectivity index (χ0n) is 18.0. The first-order chi connectivity index (χ1) is 16.0. The quantitative estimate of drug-likeness (QED) is 0.297. The van der Waals surface area contributed by atoms with Gasteiger partial charge in [0.05, 0.1) is 11.4 Å². The van der Waals surface area contributed by atoms with Crippen molar-refractivity contribution < 1.29 is 9.59 Å². The van der Waals surface area contributed by atoms with E-state index in [1.54, 1.807) is 0 Å². The number of aryl methyl sites for hydroxylation is 1. The van der Waals surface area contributed by atoms with Crippen LogP contribution in [-0.4, -0.2) is 20.6 Å². The summed E-state index contributed by atoms with van der Waals surface area (Å²) in [4.78, 5) is 27.5. The molecule has 0 aliphatic carbocycles. The van der Waals surface area contributed by atoms with Crippen molar-refractivity contribution in [3.63, 3.8) is 0 Å². The average molecular weight is 473 g/mol. The van der Waals surface area contributed by atoms with Crippen LogP contribution in [0.2, 0.25) is 5.02 Å². The number of halogens is 1. The molecule has 0 radical (unpaired) electrons. The van der Waals surface area contributed by atoms with Gasteiger partial charge in [-0.15, -0.1) is 0 Å². The van der Waals surface area contributed by atoms with Crippen molar-refractivity contribution in [2.75, 3.05) is 0 Å². The van der Waals surface area contributed by atoms with Gasteiger partial charge >= 0.3 is 0 Å². The summed E-state index contributed by atoms with van der Waals surface area (Å²) in [7, 11) is 0. The van der Waals surface area contributed by atoms with Crippen LogP contribution in [0.5, 0.6) is 0 Å². The zero-order chi connectivity index (χ0) is 22.9. The van der Waals surface area contributed by atoms with E-state index >= 15 is 0 Å². The van der Waals surface area contributed by atoms with Crippen LogP contribution in [0.4, 0.5) is 4.79 Å². The van der Waals surface area contributed by atoms with Gasteiger partial charge in [0, 0.05) is 34.2 Å². The van der Waals surface area contributed by atoms with Crippen LogP contribution >= 0.6 is 23.4 Å². The lowest BCUT2D eigenvalue weighted by Gasteiger charge is -2.12. The number of amides is 2. The number of imide groups is 1. The molecule has 4 aromatic rings. The second-order valence-electron chi connectivity index (χ2n) is 8.11. The summed E-state index contributed by atoms with van der Waals surface area (Å²) in [5.74, 6) is -0.249. The van der Waals surface area contributed by atoms with Gasteiger partial charge in [-0.2, -0.15) is 0 Å². The van der Waals surface area contributed by atoms with Crippen molar-refractivity contribution >= 4 is 51.5 Å². The normalized spacial score (nSPS) is 15.2. The molecule has 1 saturated heterocycles. The van der Waals surface area contributed by atoms with E-state index in [1.165, 1.54) is 4.90 Å². The summed E-state index contributed by atoms with van der Waals surface area (Å²) in [6.07, 6.45) is 3.87. The molecule has 1 fully saturated rings. The highest BCUT2D eigenvalue weighted by atomic mass is 35.5. The van der Waals surface area contributed by atoms with E-state index in [0.29, 0.717) is 16.5 Å². The number of thioether (sulfide) groups is 1. The van der Waals surface area contributed by atoms with E-state index in [4.69, 9.17) is 11.6 Å². The molecule has 2 amide bonds. The maximum Gasteiger partial charge on any atom is 0.293 e. The standard InChI is InChI=1S/C27H21ClN2O2S/c1-18-5-4-6-20(13-18)16-30-26(31)25(33-27(30)32)14-21-17-29(24-8-3-2-7-23(21)24)15-19-9-11-22(28)12-10-19/h2-14,17H,15-16H2,1H3/b25-14-. The van der Waals surface area contributed by atoms with E-state index in [1.807, 2.05) is 85.9 Å². The lowest BCUT2D eigenvalue weighted by atomic mass is 10.1. The number of rotatable bonds is 5. The van der Waals surface area contributed by atoms with Crippen molar-refractivity contribution in [2.24, 2.45) is 0 Å². The molecule has 0 N–H and O–H groups in total. The summed E-state index contributed by atoms with van der Waals surface area (Å²) in [5.41, 5.74) is 5.16. The molecule has 0 bridgehead atoms. The minimum atomic E-state index is -0.249. The number of aromatic nitrogens is 1. The highest BCUT2D eigenvalue weighted by Crippen LogP contribution is 2.35. The first-order valence-corrected chi connectivity index (χ1v) is 11.8. The maximum absolute atomic E-state index is 13.1. The molecule has 1 aromatic heterocycles. The highest BCUT2D eigenvalue weighted by Gasteiger charge is 2.35. The van der Waals surface area contributed by atoms with E-state index in [9.17, 15) is 9.59 Å². The Balaban J connectivity index is 1.45. The zero-order valence-corrected chi connectivity index (χ0v) is 19.6. The Kier molecular flexibility index (Phi) is 5.83. The van der Waals surface area contributed by atoms with Crippen molar-refractivity contribution in [2.45, 2.75) is 20.0 Å². The van der Waals surface area contributed by atoms with Crippen molar-refractivity contribution in [3.05, 3.63) is 111 Å². The maximum atomic E-state index is 13.1. The van der Waals surface area contributed by atoms with Gasteiger partial charge in [0.2, 0.25) is 0 Å². The van der Waals surface area contributed by atoms with E-state index < -0.39 is 0 Å². The Bertz CT molecular complexity index is 1410. The van der Waals surface area contributed by atoms with Gasteiger partial charge in [0.15, 0.2) is 0 Å². The molecule has 1 aliphatic heterocycles. The number of hydrogen-bond donors (Lipinski definition) is 0. The van der Waals surface area contributed by atoms with Gasteiger partial charge in [-0.3, -0.25) is 14.5 Å². The highest BCUT2D eigenvalue weighted by molar-refractivity contribution is 8.18. The SMILES string of the molecule is Cc1cccc(CN2C(=O)S/C(=C\c3cn(Cc4ccc(Cl)cc4)c4ccccc34)C2=O)c1. The minimum absolute atomic E-state index is 0.238. The summed E-state index contributed by atoms with van der Waals surface area (Å²) in [6.45, 7) is 2.96. The minimum Gasteiger partial charge on any atom is -0.342 e. The van der Waals surface area contributed by atoms with E-state index in [-0.39, 0.29) is 17.7 Å². The molecule has 0 spiro atoms. The third-order valence-corrected chi connectivity index (χ3v) is 6.83. The first-order valence-electron chi connectivity index (χ1n) is 10.6. The van der Waals surface area contributed by atoms with Crippen LogP contribution in [0.25, 0.3) is 17.0 Å². The molecular weight excluding hydrogens is 452 g/mol. The van der Waals surface area contributed by atoms with Gasteiger partial charge in [0.1, 0.15) is 0 Å². The predicted octanol–water partition coefficient (Wildman–Crippen LogP) is 6.89. The largest absolute Gasteiger partial charge is 0.342 e. The fourth-order valence-electron chi connectivity index (χ4n) is 4.08. The van der Waals surface area contributed by atoms with Gasteiger partial charge in [0.25, 0.3) is 11.1 Å². The topological polar surface area (TPSA) is 42.3 Å². The molecule has 0 unspecified atom stereocenters. The molecule has 4 nitrogen and oxygen atoms in total. The average Bonchev–Trinajstić information content (AvgIpc) is 3.28. The number of nitrogens with zero attached hydrogens (tertiary/aromatic N) is 2. The number of carbonyl (C=O) groups is 2. The molecule has 1 aliphatic rings. The van der Waals surface area contributed by atoms with Crippen molar-refractivity contribution in [3.8, 4) is 0 Å². The van der Waals surface area contributed by atoms with E-state index in [0.717, 1.165) is 44.9 Å². The summed E-state index contributed by atoms with van der Waals surface area (Å²) < 4.78 is 2.15. The second-order valence-corrected chi connectivity index (χ2v) is 9.54. The Morgan fingerprint density at radius 3 is 2.48 bits per heavy atom. The Morgan fingerprint density at radius 1 is 0.909 bits per heavy atom. The Hall–Kier alpha value is -3.28. The van der Waals surface area contributed by atoms with Gasteiger partial charge in [-0.1, -0.05) is 71.8 Å². The molecule has 0 saturated carbocycles. The monoisotopic (exact) mass is 472 g/mol. The molecule has 6 heteroatoms.